The van der Waals surface area contributed by atoms with E-state index in [1.54, 1.807) is 0 Å². The first kappa shape index (κ1) is 18.7. The van der Waals surface area contributed by atoms with Crippen LogP contribution in [0.4, 0.5) is 5.69 Å². The summed E-state index contributed by atoms with van der Waals surface area (Å²) in [5.74, 6) is 0.848. The van der Waals surface area contributed by atoms with Crippen LogP contribution in [-0.2, 0) is 16.0 Å². The molecule has 1 aliphatic heterocycles. The first-order valence-corrected chi connectivity index (χ1v) is 9.62. The summed E-state index contributed by atoms with van der Waals surface area (Å²) in [6.07, 6.45) is 2.93. The molecule has 0 radical (unpaired) electrons. The van der Waals surface area contributed by atoms with E-state index in [4.69, 9.17) is 9.15 Å². The zero-order valence-corrected chi connectivity index (χ0v) is 16.3. The monoisotopic (exact) mass is 379 g/mol. The molecule has 1 aromatic carbocycles. The van der Waals surface area contributed by atoms with Crippen molar-refractivity contribution in [3.8, 4) is 0 Å². The molecule has 3 aromatic rings. The molecule has 2 aromatic heterocycles. The Kier molecular flexibility index (Phi) is 5.41. The second-order valence-electron chi connectivity index (χ2n) is 7.37. The van der Waals surface area contributed by atoms with E-state index in [0.717, 1.165) is 53.4 Å². The lowest BCUT2D eigenvalue weighted by Gasteiger charge is -2.29. The van der Waals surface area contributed by atoms with E-state index in [0.29, 0.717) is 12.8 Å². The molecule has 3 heterocycles. The molecule has 4 rings (SSSR count). The fourth-order valence-corrected chi connectivity index (χ4v) is 3.47. The van der Waals surface area contributed by atoms with Crippen LogP contribution in [0.15, 0.2) is 47.0 Å². The maximum Gasteiger partial charge on any atom is 0.224 e. The van der Waals surface area contributed by atoms with Gasteiger partial charge in [0.1, 0.15) is 17.4 Å². The van der Waals surface area contributed by atoms with Crippen LogP contribution in [0.2, 0.25) is 0 Å². The van der Waals surface area contributed by atoms with Crippen LogP contribution in [0.3, 0.4) is 0 Å². The molecule has 1 amide bonds. The van der Waals surface area contributed by atoms with Gasteiger partial charge in [-0.1, -0.05) is 6.07 Å². The van der Waals surface area contributed by atoms with Gasteiger partial charge in [-0.05, 0) is 56.3 Å². The molecule has 1 aliphatic rings. The molecular formula is C22H25N3O3. The molecule has 6 nitrogen and oxygen atoms in total. The van der Waals surface area contributed by atoms with Gasteiger partial charge < -0.3 is 19.4 Å². The van der Waals surface area contributed by atoms with Crippen molar-refractivity contribution in [3.63, 3.8) is 0 Å². The van der Waals surface area contributed by atoms with Crippen molar-refractivity contribution >= 4 is 22.6 Å². The number of furan rings is 1. The highest BCUT2D eigenvalue weighted by atomic mass is 16.5. The normalized spacial score (nSPS) is 17.7. The number of nitrogens with one attached hydrogen (secondary N) is 1. The number of benzene rings is 1. The fraction of sp³-hybridized carbons (Fsp3) is 0.364. The van der Waals surface area contributed by atoms with Crippen molar-refractivity contribution in [2.24, 2.45) is 0 Å². The quantitative estimate of drug-likeness (QED) is 0.732. The first-order valence-electron chi connectivity index (χ1n) is 9.62. The lowest BCUT2D eigenvalue weighted by Crippen LogP contribution is -2.35. The van der Waals surface area contributed by atoms with Crippen LogP contribution in [0, 0.1) is 6.92 Å². The third-order valence-electron chi connectivity index (χ3n) is 5.01. The highest BCUT2D eigenvalue weighted by molar-refractivity contribution is 5.93. The van der Waals surface area contributed by atoms with Crippen molar-refractivity contribution < 1.29 is 13.9 Å². The van der Waals surface area contributed by atoms with E-state index in [1.165, 1.54) is 0 Å². The van der Waals surface area contributed by atoms with Gasteiger partial charge in [0, 0.05) is 36.8 Å². The zero-order chi connectivity index (χ0) is 19.5. The minimum Gasteiger partial charge on any atom is -0.461 e. The van der Waals surface area contributed by atoms with Crippen molar-refractivity contribution in [3.05, 3.63) is 59.6 Å². The number of carbonyl (C=O) groups is 1. The SMILES string of the molecule is Cc1cc2cc(NC(=O)CCc3ccc(C4CN(C)CCO4)nc3)ccc2o1. The highest BCUT2D eigenvalue weighted by Crippen LogP contribution is 2.23. The van der Waals surface area contributed by atoms with Gasteiger partial charge in [-0.15, -0.1) is 0 Å². The average Bonchev–Trinajstić information content (AvgIpc) is 3.06. The summed E-state index contributed by atoms with van der Waals surface area (Å²) in [5, 5.41) is 3.95. The Hall–Kier alpha value is -2.70. The molecule has 1 unspecified atom stereocenters. The molecule has 0 aliphatic carbocycles. The molecule has 0 bridgehead atoms. The van der Waals surface area contributed by atoms with Gasteiger partial charge in [0.05, 0.1) is 12.3 Å². The van der Waals surface area contributed by atoms with Crippen LogP contribution < -0.4 is 5.32 Å². The lowest BCUT2D eigenvalue weighted by atomic mass is 10.1. The van der Waals surface area contributed by atoms with Crippen LogP contribution in [0.5, 0.6) is 0 Å². The summed E-state index contributed by atoms with van der Waals surface area (Å²) in [5.41, 5.74) is 3.60. The number of morpholine rings is 1. The number of aromatic nitrogens is 1. The number of fused-ring (bicyclic) bond motifs is 1. The standard InChI is InChI=1S/C22H25N3O3/c1-15-11-17-12-18(5-7-20(17)28-15)24-22(26)8-4-16-3-6-19(23-13-16)21-14-25(2)9-10-27-21/h3,5-7,11-13,21H,4,8-10,14H2,1-2H3,(H,24,26). The number of hydrogen-bond acceptors (Lipinski definition) is 5. The van der Waals surface area contributed by atoms with E-state index in [2.05, 4.69) is 22.2 Å². The number of aryl methyl sites for hydroxylation is 2. The van der Waals surface area contributed by atoms with Gasteiger partial charge in [-0.2, -0.15) is 0 Å². The molecule has 1 N–H and O–H groups in total. The van der Waals surface area contributed by atoms with Crippen molar-refractivity contribution in [1.82, 2.24) is 9.88 Å². The van der Waals surface area contributed by atoms with Crippen LogP contribution in [0.1, 0.15) is 29.5 Å². The molecule has 0 spiro atoms. The second kappa shape index (κ2) is 8.12. The summed E-state index contributed by atoms with van der Waals surface area (Å²) in [4.78, 5) is 19.1. The third kappa shape index (κ3) is 4.40. The number of pyridine rings is 1. The number of amides is 1. The molecule has 6 heteroatoms. The Morgan fingerprint density at radius 1 is 1.29 bits per heavy atom. The van der Waals surface area contributed by atoms with E-state index in [-0.39, 0.29) is 12.0 Å². The van der Waals surface area contributed by atoms with Crippen molar-refractivity contribution in [2.45, 2.75) is 25.9 Å². The Balaban J connectivity index is 1.31. The predicted octanol–water partition coefficient (Wildman–Crippen LogP) is 3.71. The van der Waals surface area contributed by atoms with E-state index in [1.807, 2.05) is 49.5 Å². The largest absolute Gasteiger partial charge is 0.461 e. The number of nitrogens with zero attached hydrogens (tertiary/aromatic N) is 2. The molecule has 146 valence electrons. The maximum atomic E-state index is 12.3. The van der Waals surface area contributed by atoms with Gasteiger partial charge in [-0.3, -0.25) is 9.78 Å². The Morgan fingerprint density at radius 3 is 2.96 bits per heavy atom. The fourth-order valence-electron chi connectivity index (χ4n) is 3.47. The predicted molar refractivity (Wildman–Crippen MR) is 108 cm³/mol. The first-order chi connectivity index (χ1) is 13.6. The molecule has 1 atom stereocenters. The number of hydrogen-bond donors (Lipinski definition) is 1. The minimum atomic E-state index is -0.0131. The topological polar surface area (TPSA) is 67.6 Å². The number of anilines is 1. The zero-order valence-electron chi connectivity index (χ0n) is 16.3. The summed E-state index contributed by atoms with van der Waals surface area (Å²) < 4.78 is 11.4. The summed E-state index contributed by atoms with van der Waals surface area (Å²) in [7, 11) is 2.09. The summed E-state index contributed by atoms with van der Waals surface area (Å²) in [6.45, 7) is 4.46. The molecule has 1 fully saturated rings. The smallest absolute Gasteiger partial charge is 0.224 e. The van der Waals surface area contributed by atoms with E-state index >= 15 is 0 Å². The van der Waals surface area contributed by atoms with E-state index < -0.39 is 0 Å². The highest BCUT2D eigenvalue weighted by Gasteiger charge is 2.20. The van der Waals surface area contributed by atoms with Crippen molar-refractivity contribution in [1.29, 1.82) is 0 Å². The van der Waals surface area contributed by atoms with Gasteiger partial charge >= 0.3 is 0 Å². The molecule has 28 heavy (non-hydrogen) atoms. The van der Waals surface area contributed by atoms with Crippen molar-refractivity contribution in [2.75, 3.05) is 32.1 Å². The Labute approximate surface area is 164 Å². The van der Waals surface area contributed by atoms with Gasteiger partial charge in [0.2, 0.25) is 5.91 Å². The van der Waals surface area contributed by atoms with Gasteiger partial charge in [-0.25, -0.2) is 0 Å². The van der Waals surface area contributed by atoms with Gasteiger partial charge in [0.25, 0.3) is 0 Å². The van der Waals surface area contributed by atoms with Crippen LogP contribution >= 0.6 is 0 Å². The molecule has 0 saturated carbocycles. The van der Waals surface area contributed by atoms with Crippen LogP contribution in [-0.4, -0.2) is 42.5 Å². The number of likely N-dealkylation sites (N-methyl/N-ethyl adjacent to an activating group) is 1. The summed E-state index contributed by atoms with van der Waals surface area (Å²) in [6, 6.07) is 11.7. The Bertz CT molecular complexity index is 965. The minimum absolute atomic E-state index is 0.0131. The summed E-state index contributed by atoms with van der Waals surface area (Å²) >= 11 is 0. The maximum absolute atomic E-state index is 12.3. The number of carbonyl (C=O) groups excluding carboxylic acids is 1. The van der Waals surface area contributed by atoms with Gasteiger partial charge in [0.15, 0.2) is 0 Å². The Morgan fingerprint density at radius 2 is 2.18 bits per heavy atom. The molecule has 1 saturated heterocycles. The second-order valence-corrected chi connectivity index (χ2v) is 7.37. The van der Waals surface area contributed by atoms with E-state index in [9.17, 15) is 4.79 Å². The third-order valence-corrected chi connectivity index (χ3v) is 5.01. The van der Waals surface area contributed by atoms with Crippen LogP contribution in [0.25, 0.3) is 11.0 Å². The molecular weight excluding hydrogens is 354 g/mol. The average molecular weight is 379 g/mol. The number of rotatable bonds is 5. The lowest BCUT2D eigenvalue weighted by molar-refractivity contribution is -0.116. The number of ether oxygens (including phenoxy) is 1.